The Morgan fingerprint density at radius 1 is 0.963 bits per heavy atom. The zero-order valence-corrected chi connectivity index (χ0v) is 15.8. The Balaban J connectivity index is 1.49. The summed E-state index contributed by atoms with van der Waals surface area (Å²) >= 11 is 0. The fourth-order valence-electron chi connectivity index (χ4n) is 2.99. The lowest BCUT2D eigenvalue weighted by Crippen LogP contribution is -2.36. The van der Waals surface area contributed by atoms with E-state index in [1.54, 1.807) is 18.2 Å². The van der Waals surface area contributed by atoms with Crippen LogP contribution in [0.15, 0.2) is 48.5 Å². The lowest BCUT2D eigenvalue weighted by molar-refractivity contribution is -0.121. The molecule has 3 rings (SSSR count). The largest absolute Gasteiger partial charge is 0.486 e. The van der Waals surface area contributed by atoms with Crippen molar-refractivity contribution in [1.29, 1.82) is 0 Å². The number of hydrogen-bond donors (Lipinski definition) is 1. The fourth-order valence-corrected chi connectivity index (χ4v) is 2.99. The monoisotopic (exact) mass is 367 g/mol. The summed E-state index contributed by atoms with van der Waals surface area (Å²) in [6.45, 7) is 5.68. The number of nitrogens with one attached hydrogen (secondary N) is 1. The van der Waals surface area contributed by atoms with Crippen molar-refractivity contribution in [1.82, 2.24) is 5.32 Å². The van der Waals surface area contributed by atoms with Gasteiger partial charge >= 0.3 is 0 Å². The molecule has 0 bridgehead atoms. The van der Waals surface area contributed by atoms with Crippen molar-refractivity contribution in [2.24, 2.45) is 0 Å². The summed E-state index contributed by atoms with van der Waals surface area (Å²) in [5.41, 5.74) is 1.53. The zero-order chi connectivity index (χ0) is 19.3. The van der Waals surface area contributed by atoms with E-state index in [0.717, 1.165) is 5.56 Å². The third kappa shape index (κ3) is 4.88. The maximum absolute atomic E-state index is 12.4. The van der Waals surface area contributed by atoms with Crippen LogP contribution < -0.4 is 14.8 Å². The number of fused-ring (bicyclic) bond motifs is 1. The summed E-state index contributed by atoms with van der Waals surface area (Å²) in [5.74, 6) is 1.04. The molecule has 1 aliphatic heterocycles. The smallest absolute Gasteiger partial charge is 0.220 e. The first kappa shape index (κ1) is 19.0. The Kier molecular flexibility index (Phi) is 5.79. The molecule has 2 aromatic rings. The van der Waals surface area contributed by atoms with Gasteiger partial charge in [-0.25, -0.2) is 0 Å². The average Bonchev–Trinajstić information content (AvgIpc) is 2.70. The van der Waals surface area contributed by atoms with Gasteiger partial charge in [0.05, 0.1) is 0 Å². The second-order valence-corrected chi connectivity index (χ2v) is 7.31. The number of carbonyl (C=O) groups is 2. The van der Waals surface area contributed by atoms with Gasteiger partial charge in [0.1, 0.15) is 13.2 Å². The maximum Gasteiger partial charge on any atom is 0.220 e. The van der Waals surface area contributed by atoms with Gasteiger partial charge in [-0.05, 0) is 23.8 Å². The molecule has 27 heavy (non-hydrogen) atoms. The van der Waals surface area contributed by atoms with E-state index >= 15 is 0 Å². The highest BCUT2D eigenvalue weighted by Crippen LogP contribution is 2.31. The summed E-state index contributed by atoms with van der Waals surface area (Å²) in [7, 11) is 0. The van der Waals surface area contributed by atoms with E-state index in [9.17, 15) is 9.59 Å². The van der Waals surface area contributed by atoms with Gasteiger partial charge < -0.3 is 14.8 Å². The van der Waals surface area contributed by atoms with Crippen LogP contribution in [-0.4, -0.2) is 31.4 Å². The van der Waals surface area contributed by atoms with Gasteiger partial charge in [-0.3, -0.25) is 9.59 Å². The molecule has 1 N–H and O–H groups in total. The lowest BCUT2D eigenvalue weighted by Gasteiger charge is -2.25. The number of amides is 1. The molecule has 0 aromatic heterocycles. The minimum Gasteiger partial charge on any atom is -0.486 e. The Hall–Kier alpha value is -2.82. The van der Waals surface area contributed by atoms with Gasteiger partial charge in [0.15, 0.2) is 17.3 Å². The molecule has 1 aliphatic rings. The first-order valence-electron chi connectivity index (χ1n) is 9.21. The SMILES string of the molecule is CC(C)(CNC(=O)CCC(=O)c1ccc2c(c1)OCCO2)c1ccccc1. The Morgan fingerprint density at radius 2 is 1.67 bits per heavy atom. The van der Waals surface area contributed by atoms with Crippen LogP contribution in [0.2, 0.25) is 0 Å². The van der Waals surface area contributed by atoms with Gasteiger partial charge in [0, 0.05) is 30.4 Å². The van der Waals surface area contributed by atoms with Crippen molar-refractivity contribution >= 4 is 11.7 Å². The lowest BCUT2D eigenvalue weighted by atomic mass is 9.84. The molecule has 0 spiro atoms. The first-order chi connectivity index (χ1) is 13.0. The maximum atomic E-state index is 12.4. The molecule has 0 saturated heterocycles. The van der Waals surface area contributed by atoms with E-state index in [1.165, 1.54) is 0 Å². The number of ether oxygens (including phenoxy) is 2. The van der Waals surface area contributed by atoms with E-state index in [1.807, 2.05) is 18.2 Å². The molecule has 1 amide bonds. The highest BCUT2D eigenvalue weighted by molar-refractivity contribution is 5.98. The van der Waals surface area contributed by atoms with Crippen molar-refractivity contribution in [3.8, 4) is 11.5 Å². The molecule has 2 aromatic carbocycles. The molecule has 1 heterocycles. The Morgan fingerprint density at radius 3 is 2.41 bits per heavy atom. The van der Waals surface area contributed by atoms with E-state index in [0.29, 0.717) is 36.8 Å². The van der Waals surface area contributed by atoms with Crippen LogP contribution in [0.5, 0.6) is 11.5 Å². The number of ketones is 1. The summed E-state index contributed by atoms with van der Waals surface area (Å²) in [4.78, 5) is 24.6. The second kappa shape index (κ2) is 8.25. The van der Waals surface area contributed by atoms with Crippen molar-refractivity contribution in [3.05, 3.63) is 59.7 Å². The molecular weight excluding hydrogens is 342 g/mol. The van der Waals surface area contributed by atoms with Crippen LogP contribution in [0, 0.1) is 0 Å². The quantitative estimate of drug-likeness (QED) is 0.761. The molecule has 0 radical (unpaired) electrons. The Bertz CT molecular complexity index is 814. The highest BCUT2D eigenvalue weighted by atomic mass is 16.6. The third-order valence-corrected chi connectivity index (χ3v) is 4.73. The standard InChI is InChI=1S/C22H25NO4/c1-22(2,17-6-4-3-5-7-17)15-23-21(25)11-9-18(24)16-8-10-19-20(14-16)27-13-12-26-19/h3-8,10,14H,9,11-13,15H2,1-2H3,(H,23,25). The molecular formula is C22H25NO4. The van der Waals surface area contributed by atoms with Gasteiger partial charge in [-0.15, -0.1) is 0 Å². The normalized spacial score (nSPS) is 13.1. The second-order valence-electron chi connectivity index (χ2n) is 7.31. The van der Waals surface area contributed by atoms with Crippen LogP contribution >= 0.6 is 0 Å². The summed E-state index contributed by atoms with van der Waals surface area (Å²) in [5, 5.41) is 2.94. The van der Waals surface area contributed by atoms with E-state index in [2.05, 4.69) is 31.3 Å². The number of hydrogen-bond acceptors (Lipinski definition) is 4. The van der Waals surface area contributed by atoms with E-state index < -0.39 is 0 Å². The number of Topliss-reactive ketones (excluding diaryl/α,β-unsaturated/α-hetero) is 1. The minimum atomic E-state index is -0.170. The summed E-state index contributed by atoms with van der Waals surface area (Å²) in [6, 6.07) is 15.2. The average molecular weight is 367 g/mol. The third-order valence-electron chi connectivity index (χ3n) is 4.73. The molecule has 0 fully saturated rings. The van der Waals surface area contributed by atoms with E-state index in [-0.39, 0.29) is 29.9 Å². The van der Waals surface area contributed by atoms with Gasteiger partial charge in [-0.2, -0.15) is 0 Å². The van der Waals surface area contributed by atoms with Crippen LogP contribution in [0.1, 0.15) is 42.6 Å². The fraction of sp³-hybridized carbons (Fsp3) is 0.364. The van der Waals surface area contributed by atoms with E-state index in [4.69, 9.17) is 9.47 Å². The van der Waals surface area contributed by atoms with Crippen LogP contribution in [0.3, 0.4) is 0 Å². The van der Waals surface area contributed by atoms with Crippen molar-refractivity contribution in [3.63, 3.8) is 0 Å². The van der Waals surface area contributed by atoms with Crippen LogP contribution in [0.4, 0.5) is 0 Å². The van der Waals surface area contributed by atoms with Crippen molar-refractivity contribution in [2.45, 2.75) is 32.1 Å². The molecule has 0 aliphatic carbocycles. The molecule has 0 unspecified atom stereocenters. The zero-order valence-electron chi connectivity index (χ0n) is 15.8. The molecule has 5 nitrogen and oxygen atoms in total. The number of rotatable bonds is 7. The summed E-state index contributed by atoms with van der Waals surface area (Å²) < 4.78 is 11.0. The van der Waals surface area contributed by atoms with Gasteiger partial charge in [0.2, 0.25) is 5.91 Å². The van der Waals surface area contributed by atoms with Crippen LogP contribution in [-0.2, 0) is 10.2 Å². The minimum absolute atomic E-state index is 0.0792. The first-order valence-corrected chi connectivity index (χ1v) is 9.21. The molecule has 0 saturated carbocycles. The highest BCUT2D eigenvalue weighted by Gasteiger charge is 2.21. The molecule has 142 valence electrons. The number of benzene rings is 2. The molecule has 5 heteroatoms. The predicted molar refractivity (Wildman–Crippen MR) is 103 cm³/mol. The van der Waals surface area contributed by atoms with Gasteiger partial charge in [0.25, 0.3) is 0 Å². The Labute approximate surface area is 159 Å². The van der Waals surface area contributed by atoms with Crippen molar-refractivity contribution < 1.29 is 19.1 Å². The summed E-state index contributed by atoms with van der Waals surface area (Å²) in [6.07, 6.45) is 0.329. The predicted octanol–water partition coefficient (Wildman–Crippen LogP) is 3.51. The van der Waals surface area contributed by atoms with Gasteiger partial charge in [-0.1, -0.05) is 44.2 Å². The number of carbonyl (C=O) groups excluding carboxylic acids is 2. The van der Waals surface area contributed by atoms with Crippen LogP contribution in [0.25, 0.3) is 0 Å². The van der Waals surface area contributed by atoms with Crippen molar-refractivity contribution in [2.75, 3.05) is 19.8 Å². The molecule has 0 atom stereocenters. The topological polar surface area (TPSA) is 64.6 Å².